The maximum atomic E-state index is 13.9. The zero-order valence-corrected chi connectivity index (χ0v) is 15.9. The molecule has 4 heterocycles. The number of nitrogens with zero attached hydrogens (tertiary/aromatic N) is 2. The normalized spacial score (nSPS) is 21.3. The average Bonchev–Trinajstić information content (AvgIpc) is 3.35. The number of halogens is 2. The highest BCUT2D eigenvalue weighted by atomic mass is 19.1. The number of aromatic nitrogens is 2. The molecule has 0 spiro atoms. The van der Waals surface area contributed by atoms with Crippen molar-refractivity contribution in [3.8, 4) is 0 Å². The fourth-order valence-corrected chi connectivity index (χ4v) is 5.40. The highest BCUT2D eigenvalue weighted by Crippen LogP contribution is 2.46. The Bertz CT molecular complexity index is 1230. The van der Waals surface area contributed by atoms with Gasteiger partial charge >= 0.3 is 0 Å². The lowest BCUT2D eigenvalue weighted by Crippen LogP contribution is -2.38. The minimum absolute atomic E-state index is 0.180. The molecule has 6 rings (SSSR count). The van der Waals surface area contributed by atoms with Crippen molar-refractivity contribution in [2.24, 2.45) is 0 Å². The van der Waals surface area contributed by atoms with Crippen LogP contribution in [0.4, 0.5) is 8.78 Å². The molecule has 2 bridgehead atoms. The van der Waals surface area contributed by atoms with Crippen LogP contribution in [0.15, 0.2) is 40.9 Å². The Kier molecular flexibility index (Phi) is 3.78. The molecule has 2 atom stereocenters. The molecule has 2 aliphatic rings. The van der Waals surface area contributed by atoms with Crippen molar-refractivity contribution >= 4 is 21.9 Å². The summed E-state index contributed by atoms with van der Waals surface area (Å²) in [5, 5.41) is 6.06. The third-order valence-corrected chi connectivity index (χ3v) is 6.64. The van der Waals surface area contributed by atoms with Crippen LogP contribution in [0.25, 0.3) is 21.9 Å². The largest absolute Gasteiger partial charge is 0.358 e. The maximum absolute atomic E-state index is 13.9. The summed E-state index contributed by atoms with van der Waals surface area (Å²) < 4.78 is 32.5. The fraction of sp³-hybridized carbons (Fsp3) is 0.348. The highest BCUT2D eigenvalue weighted by molar-refractivity contribution is 5.85. The van der Waals surface area contributed by atoms with Crippen LogP contribution in [-0.4, -0.2) is 27.6 Å². The lowest BCUT2D eigenvalue weighted by Gasteiger charge is -2.35. The van der Waals surface area contributed by atoms with Gasteiger partial charge in [-0.15, -0.1) is 0 Å². The van der Waals surface area contributed by atoms with E-state index in [0.717, 1.165) is 54.2 Å². The van der Waals surface area contributed by atoms with Gasteiger partial charge in [0, 0.05) is 46.6 Å². The molecule has 2 aliphatic heterocycles. The lowest BCUT2D eigenvalue weighted by atomic mass is 9.96. The van der Waals surface area contributed by atoms with Crippen LogP contribution in [0.2, 0.25) is 0 Å². The molecule has 1 saturated heterocycles. The van der Waals surface area contributed by atoms with E-state index in [2.05, 4.69) is 15.0 Å². The number of benzene rings is 2. The van der Waals surface area contributed by atoms with E-state index >= 15 is 0 Å². The topological polar surface area (TPSA) is 45.1 Å². The molecule has 2 aromatic carbocycles. The first-order valence-electron chi connectivity index (χ1n) is 10.3. The molecule has 0 radical (unpaired) electrons. The number of aryl methyl sites for hydroxylation is 1. The van der Waals surface area contributed by atoms with E-state index in [1.807, 2.05) is 6.07 Å². The number of nitrogens with one attached hydrogen (secondary N) is 1. The quantitative estimate of drug-likeness (QED) is 0.513. The van der Waals surface area contributed by atoms with Gasteiger partial charge in [0.15, 0.2) is 5.58 Å². The van der Waals surface area contributed by atoms with Crippen molar-refractivity contribution in [2.75, 3.05) is 6.54 Å². The van der Waals surface area contributed by atoms with Gasteiger partial charge in [-0.3, -0.25) is 4.90 Å². The predicted molar refractivity (Wildman–Crippen MR) is 107 cm³/mol. The smallest absolute Gasteiger partial charge is 0.170 e. The minimum atomic E-state index is -0.309. The number of aromatic amines is 1. The Morgan fingerprint density at radius 1 is 1.07 bits per heavy atom. The highest BCUT2D eigenvalue weighted by Gasteiger charge is 2.41. The van der Waals surface area contributed by atoms with Crippen LogP contribution in [-0.2, 0) is 12.8 Å². The van der Waals surface area contributed by atoms with E-state index in [9.17, 15) is 8.78 Å². The predicted octanol–water partition coefficient (Wildman–Crippen LogP) is 5.28. The second-order valence-electron chi connectivity index (χ2n) is 8.27. The van der Waals surface area contributed by atoms with Crippen LogP contribution >= 0.6 is 0 Å². The number of rotatable bonds is 4. The maximum Gasteiger partial charge on any atom is 0.170 e. The first-order chi connectivity index (χ1) is 14.2. The Balaban J connectivity index is 1.23. The molecular formula is C23H21F2N3O. The second-order valence-corrected chi connectivity index (χ2v) is 8.27. The van der Waals surface area contributed by atoms with Crippen LogP contribution in [0, 0.1) is 11.6 Å². The van der Waals surface area contributed by atoms with E-state index in [1.165, 1.54) is 35.9 Å². The number of hydrogen-bond acceptors (Lipinski definition) is 3. The molecule has 1 fully saturated rings. The standard InChI is InChI=1S/C23H21F2N3O/c24-13-4-7-18-17(10-13)23-20(26-18)12-15-5-8-21(23)28(15)9-1-2-19-16-6-3-14(25)11-22(16)29-27-19/h3-4,6-7,10-11,15,21,26H,1-2,5,8-9,12H2/t15-,21+/m1/s1. The number of H-pyrrole nitrogens is 1. The van der Waals surface area contributed by atoms with Gasteiger partial charge in [0.25, 0.3) is 0 Å². The molecule has 0 saturated carbocycles. The van der Waals surface area contributed by atoms with E-state index in [1.54, 1.807) is 12.1 Å². The van der Waals surface area contributed by atoms with Crippen molar-refractivity contribution in [3.63, 3.8) is 0 Å². The molecule has 1 N–H and O–H groups in total. The molecule has 2 aromatic heterocycles. The third kappa shape index (κ3) is 2.69. The second kappa shape index (κ2) is 6.39. The van der Waals surface area contributed by atoms with Gasteiger partial charge in [-0.05, 0) is 68.1 Å². The fourth-order valence-electron chi connectivity index (χ4n) is 5.40. The van der Waals surface area contributed by atoms with Gasteiger partial charge in [-0.25, -0.2) is 8.78 Å². The molecule has 29 heavy (non-hydrogen) atoms. The Morgan fingerprint density at radius 2 is 1.93 bits per heavy atom. The van der Waals surface area contributed by atoms with Crippen LogP contribution in [0.3, 0.4) is 0 Å². The summed E-state index contributed by atoms with van der Waals surface area (Å²) >= 11 is 0. The zero-order chi connectivity index (χ0) is 19.5. The summed E-state index contributed by atoms with van der Waals surface area (Å²) in [4.78, 5) is 6.11. The summed E-state index contributed by atoms with van der Waals surface area (Å²) in [7, 11) is 0. The first kappa shape index (κ1) is 17.2. The molecule has 0 unspecified atom stereocenters. The molecular weight excluding hydrogens is 372 g/mol. The Morgan fingerprint density at radius 3 is 2.86 bits per heavy atom. The van der Waals surface area contributed by atoms with Gasteiger partial charge in [-0.1, -0.05) is 5.16 Å². The summed E-state index contributed by atoms with van der Waals surface area (Å²) in [5.74, 6) is -0.489. The van der Waals surface area contributed by atoms with Gasteiger partial charge < -0.3 is 9.51 Å². The summed E-state index contributed by atoms with van der Waals surface area (Å²) in [6.45, 7) is 0.965. The lowest BCUT2D eigenvalue weighted by molar-refractivity contribution is 0.175. The first-order valence-corrected chi connectivity index (χ1v) is 10.3. The zero-order valence-electron chi connectivity index (χ0n) is 15.9. The van der Waals surface area contributed by atoms with Crippen LogP contribution < -0.4 is 0 Å². The van der Waals surface area contributed by atoms with Crippen molar-refractivity contribution in [1.29, 1.82) is 0 Å². The molecule has 6 heteroatoms. The summed E-state index contributed by atoms with van der Waals surface area (Å²) in [6, 6.07) is 10.5. The van der Waals surface area contributed by atoms with Crippen molar-refractivity contribution in [2.45, 2.75) is 44.2 Å². The van der Waals surface area contributed by atoms with Crippen molar-refractivity contribution in [1.82, 2.24) is 15.0 Å². The van der Waals surface area contributed by atoms with E-state index in [-0.39, 0.29) is 11.6 Å². The summed E-state index contributed by atoms with van der Waals surface area (Å²) in [6.07, 6.45) is 5.04. The molecule has 0 amide bonds. The Labute approximate surface area is 166 Å². The minimum Gasteiger partial charge on any atom is -0.358 e. The Hall–Kier alpha value is -2.73. The summed E-state index contributed by atoms with van der Waals surface area (Å²) in [5.41, 5.74) is 4.99. The molecule has 0 aliphatic carbocycles. The van der Waals surface area contributed by atoms with E-state index in [0.29, 0.717) is 17.7 Å². The molecule has 4 aromatic rings. The van der Waals surface area contributed by atoms with E-state index < -0.39 is 0 Å². The van der Waals surface area contributed by atoms with Crippen molar-refractivity contribution < 1.29 is 13.3 Å². The number of fused-ring (bicyclic) bond motifs is 7. The van der Waals surface area contributed by atoms with Gasteiger partial charge in [0.2, 0.25) is 0 Å². The third-order valence-electron chi connectivity index (χ3n) is 6.64. The number of hydrogen-bond donors (Lipinski definition) is 1. The molecule has 148 valence electrons. The van der Waals surface area contributed by atoms with Crippen LogP contribution in [0.1, 0.15) is 42.3 Å². The van der Waals surface area contributed by atoms with E-state index in [4.69, 9.17) is 4.52 Å². The van der Waals surface area contributed by atoms with Crippen LogP contribution in [0.5, 0.6) is 0 Å². The van der Waals surface area contributed by atoms with Crippen molar-refractivity contribution in [3.05, 3.63) is 65.0 Å². The van der Waals surface area contributed by atoms with Gasteiger partial charge in [-0.2, -0.15) is 0 Å². The van der Waals surface area contributed by atoms with Gasteiger partial charge in [0.05, 0.1) is 5.69 Å². The van der Waals surface area contributed by atoms with Gasteiger partial charge in [0.1, 0.15) is 11.6 Å². The monoisotopic (exact) mass is 393 g/mol. The molecule has 4 nitrogen and oxygen atoms in total. The SMILES string of the molecule is Fc1ccc2c(CCCN3[C@@H]4CC[C@H]3c3c([nH]c5ccc(F)cc35)C4)noc2c1. The average molecular weight is 393 g/mol.